The summed E-state index contributed by atoms with van der Waals surface area (Å²) in [6.07, 6.45) is 5.22. The van der Waals surface area contributed by atoms with E-state index in [9.17, 15) is 8.42 Å². The molecule has 0 aliphatic heterocycles. The molecule has 3 nitrogen and oxygen atoms in total. The molecule has 0 bridgehead atoms. The van der Waals surface area contributed by atoms with Crippen LogP contribution in [0, 0.1) is 5.92 Å². The lowest BCUT2D eigenvalue weighted by Gasteiger charge is -2.01. The molecule has 1 saturated carbocycles. The molecule has 0 atom stereocenters. The Morgan fingerprint density at radius 3 is 2.50 bits per heavy atom. The highest BCUT2D eigenvalue weighted by Crippen LogP contribution is 2.31. The molecular formula is C8H17NO2S. The maximum Gasteiger partial charge on any atom is 0.148 e. The van der Waals surface area contributed by atoms with E-state index >= 15 is 0 Å². The van der Waals surface area contributed by atoms with Crippen molar-refractivity contribution in [1.82, 2.24) is 5.32 Å². The van der Waals surface area contributed by atoms with Crippen molar-refractivity contribution in [1.29, 1.82) is 0 Å². The summed E-state index contributed by atoms with van der Waals surface area (Å²) < 4.78 is 21.4. The van der Waals surface area contributed by atoms with Crippen LogP contribution in [0.5, 0.6) is 0 Å². The Morgan fingerprint density at radius 2 is 2.00 bits per heavy atom. The Bertz CT molecular complexity index is 219. The molecule has 1 fully saturated rings. The first-order valence-electron chi connectivity index (χ1n) is 4.46. The minimum atomic E-state index is -2.77. The molecule has 1 N–H and O–H groups in total. The summed E-state index contributed by atoms with van der Waals surface area (Å²) >= 11 is 0. The van der Waals surface area contributed by atoms with Crippen LogP contribution < -0.4 is 5.32 Å². The Labute approximate surface area is 74.5 Å². The van der Waals surface area contributed by atoms with Crippen LogP contribution in [0.3, 0.4) is 0 Å². The zero-order valence-electron chi connectivity index (χ0n) is 7.54. The van der Waals surface area contributed by atoms with Crippen molar-refractivity contribution >= 4 is 9.84 Å². The van der Waals surface area contributed by atoms with Gasteiger partial charge >= 0.3 is 0 Å². The third-order valence-electron chi connectivity index (χ3n) is 2.08. The van der Waals surface area contributed by atoms with Gasteiger partial charge in [-0.3, -0.25) is 0 Å². The highest BCUT2D eigenvalue weighted by molar-refractivity contribution is 7.90. The van der Waals surface area contributed by atoms with Crippen molar-refractivity contribution in [3.63, 3.8) is 0 Å². The molecule has 1 aliphatic rings. The predicted molar refractivity (Wildman–Crippen MR) is 49.9 cm³/mol. The van der Waals surface area contributed by atoms with E-state index in [1.165, 1.54) is 25.5 Å². The first kappa shape index (κ1) is 9.99. The fourth-order valence-electron chi connectivity index (χ4n) is 1.10. The fourth-order valence-corrected chi connectivity index (χ4v) is 1.61. The summed E-state index contributed by atoms with van der Waals surface area (Å²) in [4.78, 5) is 0. The maximum absolute atomic E-state index is 10.7. The van der Waals surface area contributed by atoms with Crippen LogP contribution in [-0.4, -0.2) is 33.5 Å². The molecule has 0 aromatic rings. The van der Waals surface area contributed by atoms with Gasteiger partial charge < -0.3 is 5.32 Å². The topological polar surface area (TPSA) is 46.2 Å². The number of nitrogens with one attached hydrogen (secondary N) is 1. The average molecular weight is 191 g/mol. The van der Waals surface area contributed by atoms with E-state index in [0.717, 1.165) is 12.5 Å². The van der Waals surface area contributed by atoms with Gasteiger partial charge in [0.25, 0.3) is 0 Å². The van der Waals surface area contributed by atoms with Gasteiger partial charge in [-0.05, 0) is 18.9 Å². The maximum atomic E-state index is 10.7. The van der Waals surface area contributed by atoms with Crippen molar-refractivity contribution in [2.75, 3.05) is 25.1 Å². The zero-order chi connectivity index (χ0) is 9.03. The van der Waals surface area contributed by atoms with Crippen LogP contribution in [0.25, 0.3) is 0 Å². The molecule has 12 heavy (non-hydrogen) atoms. The molecule has 1 rings (SSSR count). The van der Waals surface area contributed by atoms with E-state index in [-0.39, 0.29) is 5.75 Å². The van der Waals surface area contributed by atoms with Gasteiger partial charge in [0, 0.05) is 12.8 Å². The molecule has 0 amide bonds. The van der Waals surface area contributed by atoms with Gasteiger partial charge in [-0.2, -0.15) is 0 Å². The quantitative estimate of drug-likeness (QED) is 0.619. The van der Waals surface area contributed by atoms with Gasteiger partial charge in [-0.25, -0.2) is 8.42 Å². The minimum Gasteiger partial charge on any atom is -0.316 e. The minimum absolute atomic E-state index is 0.262. The summed E-state index contributed by atoms with van der Waals surface area (Å²) in [6.45, 7) is 1.58. The normalized spacial score (nSPS) is 18.1. The summed E-state index contributed by atoms with van der Waals surface area (Å²) in [6, 6.07) is 0. The molecule has 0 saturated heterocycles. The number of sulfone groups is 1. The van der Waals surface area contributed by atoms with E-state index in [4.69, 9.17) is 0 Å². The Hall–Kier alpha value is -0.0900. The standard InChI is InChI=1S/C8H17NO2S/c1-12(10,11)7-6-9-5-4-8-2-3-8/h8-9H,2-7H2,1H3. The van der Waals surface area contributed by atoms with E-state index < -0.39 is 9.84 Å². The second-order valence-corrected chi connectivity index (χ2v) is 5.87. The molecule has 1 aliphatic carbocycles. The number of hydrogen-bond donors (Lipinski definition) is 1. The first-order chi connectivity index (χ1) is 5.58. The van der Waals surface area contributed by atoms with Crippen LogP contribution in [0.2, 0.25) is 0 Å². The zero-order valence-corrected chi connectivity index (χ0v) is 8.36. The summed E-state index contributed by atoms with van der Waals surface area (Å²) in [5.74, 6) is 1.19. The lowest BCUT2D eigenvalue weighted by molar-refractivity contribution is 0.590. The number of hydrogen-bond acceptors (Lipinski definition) is 3. The van der Waals surface area contributed by atoms with Crippen LogP contribution in [0.15, 0.2) is 0 Å². The van der Waals surface area contributed by atoms with Crippen LogP contribution in [0.4, 0.5) is 0 Å². The van der Waals surface area contributed by atoms with Gasteiger partial charge in [0.15, 0.2) is 0 Å². The molecule has 0 aromatic carbocycles. The van der Waals surface area contributed by atoms with Crippen molar-refractivity contribution < 1.29 is 8.42 Å². The lowest BCUT2D eigenvalue weighted by atomic mass is 10.3. The van der Waals surface area contributed by atoms with Crippen molar-refractivity contribution in [2.24, 2.45) is 5.92 Å². The molecule has 4 heteroatoms. The molecule has 0 radical (unpaired) electrons. The SMILES string of the molecule is CS(=O)(=O)CCNCCC1CC1. The number of rotatable bonds is 6. The van der Waals surface area contributed by atoms with Crippen molar-refractivity contribution in [3.05, 3.63) is 0 Å². The lowest BCUT2D eigenvalue weighted by Crippen LogP contribution is -2.23. The molecule has 0 unspecified atom stereocenters. The van der Waals surface area contributed by atoms with Gasteiger partial charge in [0.05, 0.1) is 5.75 Å². The molecule has 72 valence electrons. The van der Waals surface area contributed by atoms with E-state index in [1.54, 1.807) is 0 Å². The van der Waals surface area contributed by atoms with Gasteiger partial charge in [-0.15, -0.1) is 0 Å². The highest BCUT2D eigenvalue weighted by Gasteiger charge is 2.19. The predicted octanol–water partition coefficient (Wildman–Crippen LogP) is 0.421. The summed E-state index contributed by atoms with van der Waals surface area (Å²) in [5, 5.41) is 3.13. The van der Waals surface area contributed by atoms with Crippen LogP contribution in [0.1, 0.15) is 19.3 Å². The van der Waals surface area contributed by atoms with E-state index in [2.05, 4.69) is 5.32 Å². The van der Waals surface area contributed by atoms with Crippen molar-refractivity contribution in [2.45, 2.75) is 19.3 Å². The Balaban J connectivity index is 1.88. The molecule has 0 heterocycles. The van der Waals surface area contributed by atoms with Crippen LogP contribution >= 0.6 is 0 Å². The molecule has 0 aromatic heterocycles. The van der Waals surface area contributed by atoms with Crippen molar-refractivity contribution in [3.8, 4) is 0 Å². The Kier molecular flexibility index (Phi) is 3.53. The highest BCUT2D eigenvalue weighted by atomic mass is 32.2. The third-order valence-corrected chi connectivity index (χ3v) is 3.02. The molecule has 0 spiro atoms. The van der Waals surface area contributed by atoms with E-state index in [0.29, 0.717) is 6.54 Å². The fraction of sp³-hybridized carbons (Fsp3) is 1.00. The van der Waals surface area contributed by atoms with Gasteiger partial charge in [-0.1, -0.05) is 12.8 Å². The van der Waals surface area contributed by atoms with Gasteiger partial charge in [0.1, 0.15) is 9.84 Å². The smallest absolute Gasteiger partial charge is 0.148 e. The van der Waals surface area contributed by atoms with Crippen LogP contribution in [-0.2, 0) is 9.84 Å². The second-order valence-electron chi connectivity index (χ2n) is 3.61. The third kappa shape index (κ3) is 5.55. The summed E-state index contributed by atoms with van der Waals surface area (Å²) in [7, 11) is -2.77. The average Bonchev–Trinajstić information content (AvgIpc) is 2.68. The Morgan fingerprint density at radius 1 is 1.33 bits per heavy atom. The first-order valence-corrected chi connectivity index (χ1v) is 6.52. The largest absolute Gasteiger partial charge is 0.316 e. The summed E-state index contributed by atoms with van der Waals surface area (Å²) in [5.41, 5.74) is 0. The monoisotopic (exact) mass is 191 g/mol. The van der Waals surface area contributed by atoms with E-state index in [1.807, 2.05) is 0 Å². The second kappa shape index (κ2) is 4.23. The molecular weight excluding hydrogens is 174 g/mol. The van der Waals surface area contributed by atoms with Gasteiger partial charge in [0.2, 0.25) is 0 Å².